The largest absolute Gasteiger partial charge is 0.482 e. The Morgan fingerprint density at radius 3 is 2.72 bits per heavy atom. The van der Waals surface area contributed by atoms with Crippen LogP contribution in [0.4, 0.5) is 18.9 Å². The molecule has 0 atom stereocenters. The number of benzene rings is 1. The zero-order valence-corrected chi connectivity index (χ0v) is 16.2. The summed E-state index contributed by atoms with van der Waals surface area (Å²) in [6, 6.07) is 4.67. The van der Waals surface area contributed by atoms with Gasteiger partial charge in [-0.25, -0.2) is 9.50 Å². The second kappa shape index (κ2) is 8.06. The van der Waals surface area contributed by atoms with Crippen LogP contribution in [-0.4, -0.2) is 38.3 Å². The number of alkyl halides is 3. The lowest BCUT2D eigenvalue weighted by Gasteiger charge is -2.15. The highest BCUT2D eigenvalue weighted by atomic mass is 19.4. The van der Waals surface area contributed by atoms with E-state index in [1.54, 1.807) is 17.5 Å². The maximum atomic E-state index is 12.5. The quantitative estimate of drug-likeness (QED) is 0.676. The fourth-order valence-corrected chi connectivity index (χ4v) is 2.98. The molecule has 0 saturated carbocycles. The standard InChI is InChI=1S/C19H20F3N5O2/c1-11-4-6-15(16(8-11)29-9-19(20,21)22)26-17(28)7-5-14-12(2)25-18-23-10-24-27(18)13(14)3/h4,6,8,10H,5,7,9H2,1-3H3,(H,26,28). The van der Waals surface area contributed by atoms with Gasteiger partial charge in [0.05, 0.1) is 5.69 Å². The van der Waals surface area contributed by atoms with Crippen LogP contribution in [0.3, 0.4) is 0 Å². The number of amides is 1. The summed E-state index contributed by atoms with van der Waals surface area (Å²) in [5.41, 5.74) is 3.38. The molecule has 10 heteroatoms. The van der Waals surface area contributed by atoms with E-state index in [-0.39, 0.29) is 23.8 Å². The minimum absolute atomic E-state index is 0.0197. The molecule has 2 heterocycles. The van der Waals surface area contributed by atoms with Gasteiger partial charge in [-0.3, -0.25) is 4.79 Å². The lowest BCUT2D eigenvalue weighted by molar-refractivity contribution is -0.153. The van der Waals surface area contributed by atoms with Crippen LogP contribution in [0, 0.1) is 20.8 Å². The molecule has 154 valence electrons. The Morgan fingerprint density at radius 2 is 2.00 bits per heavy atom. The van der Waals surface area contributed by atoms with Crippen LogP contribution in [0.5, 0.6) is 5.75 Å². The lowest BCUT2D eigenvalue weighted by Crippen LogP contribution is -2.20. The molecular weight excluding hydrogens is 387 g/mol. The van der Waals surface area contributed by atoms with Crippen LogP contribution < -0.4 is 10.1 Å². The molecule has 0 spiro atoms. The molecule has 7 nitrogen and oxygen atoms in total. The fraction of sp³-hybridized carbons (Fsp3) is 0.368. The Kier molecular flexibility index (Phi) is 5.71. The summed E-state index contributed by atoms with van der Waals surface area (Å²) in [4.78, 5) is 20.8. The molecule has 0 radical (unpaired) electrons. The average molecular weight is 407 g/mol. The van der Waals surface area contributed by atoms with Crippen molar-refractivity contribution in [3.63, 3.8) is 0 Å². The van der Waals surface area contributed by atoms with Crippen molar-refractivity contribution in [1.82, 2.24) is 19.6 Å². The van der Waals surface area contributed by atoms with Gasteiger partial charge < -0.3 is 10.1 Å². The number of carbonyl (C=O) groups excluding carboxylic acids is 1. The van der Waals surface area contributed by atoms with Crippen molar-refractivity contribution in [2.45, 2.75) is 39.8 Å². The van der Waals surface area contributed by atoms with E-state index in [9.17, 15) is 18.0 Å². The number of ether oxygens (including phenoxy) is 1. The van der Waals surface area contributed by atoms with Gasteiger partial charge in [0.2, 0.25) is 5.91 Å². The molecule has 1 N–H and O–H groups in total. The molecule has 1 aromatic carbocycles. The van der Waals surface area contributed by atoms with Gasteiger partial charge in [0.25, 0.3) is 5.78 Å². The van der Waals surface area contributed by atoms with Gasteiger partial charge >= 0.3 is 6.18 Å². The van der Waals surface area contributed by atoms with Crippen molar-refractivity contribution >= 4 is 17.4 Å². The molecule has 0 saturated heterocycles. The summed E-state index contributed by atoms with van der Waals surface area (Å²) < 4.78 is 43.9. The first-order valence-electron chi connectivity index (χ1n) is 8.90. The Balaban J connectivity index is 1.70. The van der Waals surface area contributed by atoms with Crippen LogP contribution >= 0.6 is 0 Å². The predicted octanol–water partition coefficient (Wildman–Crippen LogP) is 3.56. The highest BCUT2D eigenvalue weighted by molar-refractivity contribution is 5.92. The van der Waals surface area contributed by atoms with E-state index in [2.05, 4.69) is 20.4 Å². The van der Waals surface area contributed by atoms with E-state index >= 15 is 0 Å². The summed E-state index contributed by atoms with van der Waals surface area (Å²) in [5, 5.41) is 6.74. The molecule has 3 aromatic rings. The second-order valence-corrected chi connectivity index (χ2v) is 6.68. The molecular formula is C19H20F3N5O2. The smallest absolute Gasteiger partial charge is 0.422 e. The fourth-order valence-electron chi connectivity index (χ4n) is 2.98. The molecule has 1 amide bonds. The second-order valence-electron chi connectivity index (χ2n) is 6.68. The Bertz CT molecular complexity index is 1050. The van der Waals surface area contributed by atoms with Crippen molar-refractivity contribution in [3.8, 4) is 5.75 Å². The number of nitrogens with zero attached hydrogens (tertiary/aromatic N) is 4. The number of aryl methyl sites for hydroxylation is 3. The normalized spacial score (nSPS) is 11.7. The average Bonchev–Trinajstić information content (AvgIpc) is 3.09. The van der Waals surface area contributed by atoms with Gasteiger partial charge in [-0.1, -0.05) is 6.07 Å². The number of hydrogen-bond acceptors (Lipinski definition) is 5. The van der Waals surface area contributed by atoms with Crippen molar-refractivity contribution in [3.05, 3.63) is 47.0 Å². The zero-order valence-electron chi connectivity index (χ0n) is 16.2. The third kappa shape index (κ3) is 5.01. The molecule has 0 aliphatic carbocycles. The third-order valence-corrected chi connectivity index (χ3v) is 4.39. The van der Waals surface area contributed by atoms with Gasteiger partial charge in [0.1, 0.15) is 12.1 Å². The van der Waals surface area contributed by atoms with Gasteiger partial charge in [-0.15, -0.1) is 0 Å². The molecule has 0 aliphatic rings. The van der Waals surface area contributed by atoms with E-state index in [0.717, 1.165) is 22.5 Å². The number of fused-ring (bicyclic) bond motifs is 1. The van der Waals surface area contributed by atoms with E-state index < -0.39 is 12.8 Å². The SMILES string of the molecule is Cc1ccc(NC(=O)CCc2c(C)nc3ncnn3c2C)c(OCC(F)(F)F)c1. The molecule has 0 aliphatic heterocycles. The Hall–Kier alpha value is -3.17. The van der Waals surface area contributed by atoms with E-state index in [1.165, 1.54) is 18.5 Å². The highest BCUT2D eigenvalue weighted by Crippen LogP contribution is 2.28. The molecule has 29 heavy (non-hydrogen) atoms. The van der Waals surface area contributed by atoms with Crippen LogP contribution in [-0.2, 0) is 11.2 Å². The molecule has 3 rings (SSSR count). The monoisotopic (exact) mass is 407 g/mol. The topological polar surface area (TPSA) is 81.4 Å². The minimum Gasteiger partial charge on any atom is -0.482 e. The molecule has 0 bridgehead atoms. The first-order valence-corrected chi connectivity index (χ1v) is 8.90. The van der Waals surface area contributed by atoms with Gasteiger partial charge in [0.15, 0.2) is 6.61 Å². The lowest BCUT2D eigenvalue weighted by atomic mass is 10.1. The van der Waals surface area contributed by atoms with Gasteiger partial charge in [-0.05, 0) is 50.5 Å². The summed E-state index contributed by atoms with van der Waals surface area (Å²) in [7, 11) is 0. The maximum Gasteiger partial charge on any atom is 0.422 e. The van der Waals surface area contributed by atoms with Crippen molar-refractivity contribution < 1.29 is 22.7 Å². The van der Waals surface area contributed by atoms with Crippen LogP contribution in [0.1, 0.15) is 28.9 Å². The summed E-state index contributed by atoms with van der Waals surface area (Å²) in [6.45, 7) is 4.00. The number of aromatic nitrogens is 4. The number of rotatable bonds is 6. The number of hydrogen-bond donors (Lipinski definition) is 1. The molecule has 0 unspecified atom stereocenters. The minimum atomic E-state index is -4.47. The number of anilines is 1. The summed E-state index contributed by atoms with van der Waals surface area (Å²) in [6.07, 6.45) is -2.54. The summed E-state index contributed by atoms with van der Waals surface area (Å²) >= 11 is 0. The van der Waals surface area contributed by atoms with Gasteiger partial charge in [0, 0.05) is 17.8 Å². The zero-order chi connectivity index (χ0) is 21.2. The third-order valence-electron chi connectivity index (χ3n) is 4.39. The molecule has 0 fully saturated rings. The van der Waals surface area contributed by atoms with Crippen LogP contribution in [0.2, 0.25) is 0 Å². The number of carbonyl (C=O) groups is 1. The van der Waals surface area contributed by atoms with E-state index in [1.807, 2.05) is 13.8 Å². The maximum absolute atomic E-state index is 12.5. The van der Waals surface area contributed by atoms with Crippen molar-refractivity contribution in [2.24, 2.45) is 0 Å². The van der Waals surface area contributed by atoms with Crippen molar-refractivity contribution in [1.29, 1.82) is 0 Å². The summed E-state index contributed by atoms with van der Waals surface area (Å²) in [5.74, 6) is 0.122. The van der Waals surface area contributed by atoms with Crippen LogP contribution in [0.25, 0.3) is 5.78 Å². The van der Waals surface area contributed by atoms with E-state index in [4.69, 9.17) is 4.74 Å². The first-order chi connectivity index (χ1) is 13.6. The Labute approximate surface area is 164 Å². The van der Waals surface area contributed by atoms with E-state index in [0.29, 0.717) is 12.2 Å². The number of nitrogens with one attached hydrogen (secondary N) is 1. The Morgan fingerprint density at radius 1 is 1.24 bits per heavy atom. The van der Waals surface area contributed by atoms with Crippen LogP contribution in [0.15, 0.2) is 24.5 Å². The molecule has 2 aromatic heterocycles. The number of halogens is 3. The predicted molar refractivity (Wildman–Crippen MR) is 99.9 cm³/mol. The highest BCUT2D eigenvalue weighted by Gasteiger charge is 2.29. The first kappa shape index (κ1) is 20.6. The van der Waals surface area contributed by atoms with Gasteiger partial charge in [-0.2, -0.15) is 23.3 Å². The van der Waals surface area contributed by atoms with Crippen molar-refractivity contribution in [2.75, 3.05) is 11.9 Å².